The first-order chi connectivity index (χ1) is 14.8. The molecular weight excluding hydrogens is 374 g/mol. The molecule has 1 N–H and O–H groups in total. The molecule has 0 heterocycles. The number of hydrogen-bond acceptors (Lipinski definition) is 3. The Morgan fingerprint density at radius 2 is 1.57 bits per heavy atom. The third-order valence-corrected chi connectivity index (χ3v) is 5.22. The summed E-state index contributed by atoms with van der Waals surface area (Å²) < 4.78 is 11.2. The summed E-state index contributed by atoms with van der Waals surface area (Å²) in [7, 11) is 0. The summed E-state index contributed by atoms with van der Waals surface area (Å²) in [6.45, 7) is 3.27. The van der Waals surface area contributed by atoms with Gasteiger partial charge in [-0.2, -0.15) is 0 Å². The van der Waals surface area contributed by atoms with Crippen molar-refractivity contribution in [3.05, 3.63) is 95.6 Å². The van der Waals surface area contributed by atoms with Crippen LogP contribution in [0.15, 0.2) is 78.9 Å². The van der Waals surface area contributed by atoms with Gasteiger partial charge in [0.15, 0.2) is 0 Å². The Bertz CT molecular complexity index is 1010. The van der Waals surface area contributed by atoms with E-state index in [0.717, 1.165) is 11.3 Å². The Labute approximate surface area is 177 Å². The van der Waals surface area contributed by atoms with Gasteiger partial charge in [0.1, 0.15) is 12.4 Å². The Hall–Kier alpha value is -3.53. The van der Waals surface area contributed by atoms with Gasteiger partial charge < -0.3 is 14.8 Å². The summed E-state index contributed by atoms with van der Waals surface area (Å²) in [6.07, 6.45) is 3.41. The Balaban J connectivity index is 1.33. The standard InChI is InChI=1S/C26H25NO3/c1-2-29-25-16-8-3-10-19(25)11-9-17-27-26(28)30-18-24-22-14-6-4-12-20(22)21-13-5-7-15-23(21)24/h3-16,24H,2,17-18H2,1H3,(H,27,28). The fraction of sp³-hybridized carbons (Fsp3) is 0.192. The fourth-order valence-electron chi connectivity index (χ4n) is 3.88. The molecule has 0 unspecified atom stereocenters. The number of amides is 1. The number of rotatable bonds is 7. The van der Waals surface area contributed by atoms with Crippen LogP contribution in [0.25, 0.3) is 17.2 Å². The molecule has 4 rings (SSSR count). The van der Waals surface area contributed by atoms with Gasteiger partial charge in [-0.05, 0) is 35.2 Å². The van der Waals surface area contributed by atoms with Crippen LogP contribution < -0.4 is 10.1 Å². The molecule has 1 aliphatic carbocycles. The molecule has 0 spiro atoms. The Morgan fingerprint density at radius 1 is 0.933 bits per heavy atom. The lowest BCUT2D eigenvalue weighted by Crippen LogP contribution is -2.26. The van der Waals surface area contributed by atoms with Crippen molar-refractivity contribution in [3.8, 4) is 16.9 Å². The van der Waals surface area contributed by atoms with Crippen molar-refractivity contribution >= 4 is 12.2 Å². The first-order valence-electron chi connectivity index (χ1n) is 10.2. The first-order valence-corrected chi connectivity index (χ1v) is 10.2. The van der Waals surface area contributed by atoms with Crippen molar-refractivity contribution in [1.29, 1.82) is 0 Å². The summed E-state index contributed by atoms with van der Waals surface area (Å²) in [6, 6.07) is 24.4. The van der Waals surface area contributed by atoms with Crippen molar-refractivity contribution in [2.75, 3.05) is 19.8 Å². The highest BCUT2D eigenvalue weighted by Gasteiger charge is 2.28. The number of nitrogens with one attached hydrogen (secondary N) is 1. The number of alkyl carbamates (subject to hydrolysis) is 1. The van der Waals surface area contributed by atoms with Crippen molar-refractivity contribution < 1.29 is 14.3 Å². The van der Waals surface area contributed by atoms with E-state index in [9.17, 15) is 4.79 Å². The van der Waals surface area contributed by atoms with Crippen LogP contribution in [-0.4, -0.2) is 25.9 Å². The monoisotopic (exact) mass is 399 g/mol. The number of para-hydroxylation sites is 1. The number of fused-ring (bicyclic) bond motifs is 3. The molecule has 0 aromatic heterocycles. The van der Waals surface area contributed by atoms with E-state index < -0.39 is 6.09 Å². The maximum Gasteiger partial charge on any atom is 0.407 e. The average Bonchev–Trinajstić information content (AvgIpc) is 3.10. The lowest BCUT2D eigenvalue weighted by atomic mass is 9.98. The lowest BCUT2D eigenvalue weighted by Gasteiger charge is -2.14. The van der Waals surface area contributed by atoms with Crippen LogP contribution in [-0.2, 0) is 4.74 Å². The Kier molecular flexibility index (Phi) is 6.14. The summed E-state index contributed by atoms with van der Waals surface area (Å²) >= 11 is 0. The smallest absolute Gasteiger partial charge is 0.407 e. The summed E-state index contributed by atoms with van der Waals surface area (Å²) in [5.74, 6) is 0.897. The SMILES string of the molecule is CCOc1ccccc1C=CCNC(=O)OCC1c2ccccc2-c2ccccc21. The zero-order valence-electron chi connectivity index (χ0n) is 17.0. The van der Waals surface area contributed by atoms with Crippen LogP contribution in [0.2, 0.25) is 0 Å². The van der Waals surface area contributed by atoms with Crippen molar-refractivity contribution in [3.63, 3.8) is 0 Å². The highest BCUT2D eigenvalue weighted by molar-refractivity contribution is 5.79. The topological polar surface area (TPSA) is 47.6 Å². The molecule has 4 heteroatoms. The zero-order chi connectivity index (χ0) is 20.8. The third-order valence-electron chi connectivity index (χ3n) is 5.22. The van der Waals surface area contributed by atoms with Crippen molar-refractivity contribution in [1.82, 2.24) is 5.32 Å². The predicted molar refractivity (Wildman–Crippen MR) is 120 cm³/mol. The van der Waals surface area contributed by atoms with E-state index in [0.29, 0.717) is 19.8 Å². The minimum Gasteiger partial charge on any atom is -0.493 e. The molecule has 0 radical (unpaired) electrons. The molecule has 0 atom stereocenters. The second-order valence-corrected chi connectivity index (χ2v) is 7.08. The molecular formula is C26H25NO3. The quantitative estimate of drug-likeness (QED) is 0.559. The average molecular weight is 399 g/mol. The third kappa shape index (κ3) is 4.23. The van der Waals surface area contributed by atoms with E-state index in [4.69, 9.17) is 9.47 Å². The lowest BCUT2D eigenvalue weighted by molar-refractivity contribution is 0.144. The normalized spacial score (nSPS) is 12.4. The number of carbonyl (C=O) groups excluding carboxylic acids is 1. The molecule has 0 fully saturated rings. The van der Waals surface area contributed by atoms with Gasteiger partial charge in [-0.3, -0.25) is 0 Å². The van der Waals surface area contributed by atoms with Crippen LogP contribution in [0.5, 0.6) is 5.75 Å². The van der Waals surface area contributed by atoms with Gasteiger partial charge in [0.2, 0.25) is 0 Å². The predicted octanol–water partition coefficient (Wildman–Crippen LogP) is 5.64. The van der Waals surface area contributed by atoms with Gasteiger partial charge >= 0.3 is 6.09 Å². The van der Waals surface area contributed by atoms with Crippen LogP contribution in [0.1, 0.15) is 29.5 Å². The molecule has 4 nitrogen and oxygen atoms in total. The minimum absolute atomic E-state index is 0.0664. The Morgan fingerprint density at radius 3 is 2.27 bits per heavy atom. The largest absolute Gasteiger partial charge is 0.493 e. The summed E-state index contributed by atoms with van der Waals surface area (Å²) in [5, 5.41) is 2.79. The summed E-state index contributed by atoms with van der Waals surface area (Å²) in [4.78, 5) is 12.2. The molecule has 0 aliphatic heterocycles. The summed E-state index contributed by atoms with van der Waals surface area (Å²) in [5.41, 5.74) is 5.84. The van der Waals surface area contributed by atoms with Crippen LogP contribution in [0.4, 0.5) is 4.79 Å². The van der Waals surface area contributed by atoms with Crippen LogP contribution in [0, 0.1) is 0 Å². The molecule has 30 heavy (non-hydrogen) atoms. The maximum absolute atomic E-state index is 12.2. The van der Waals surface area contributed by atoms with Crippen molar-refractivity contribution in [2.45, 2.75) is 12.8 Å². The van der Waals surface area contributed by atoms with Gasteiger partial charge in [-0.1, -0.05) is 78.9 Å². The molecule has 0 bridgehead atoms. The first kappa shape index (κ1) is 19.8. The fourth-order valence-corrected chi connectivity index (χ4v) is 3.88. The van der Waals surface area contributed by atoms with Gasteiger partial charge in [0, 0.05) is 18.0 Å². The second-order valence-electron chi connectivity index (χ2n) is 7.08. The molecule has 1 amide bonds. The van der Waals surface area contributed by atoms with E-state index >= 15 is 0 Å². The molecule has 3 aromatic rings. The molecule has 1 aliphatic rings. The van der Waals surface area contributed by atoms with Crippen molar-refractivity contribution in [2.24, 2.45) is 0 Å². The number of hydrogen-bond donors (Lipinski definition) is 1. The van der Waals surface area contributed by atoms with Crippen LogP contribution in [0.3, 0.4) is 0 Å². The molecule has 0 saturated carbocycles. The molecule has 3 aromatic carbocycles. The van der Waals surface area contributed by atoms with Gasteiger partial charge in [-0.15, -0.1) is 0 Å². The van der Waals surface area contributed by atoms with E-state index in [-0.39, 0.29) is 5.92 Å². The van der Waals surface area contributed by atoms with Gasteiger partial charge in [0.25, 0.3) is 0 Å². The molecule has 152 valence electrons. The zero-order valence-corrected chi connectivity index (χ0v) is 17.0. The van der Waals surface area contributed by atoms with Gasteiger partial charge in [0.05, 0.1) is 6.61 Å². The molecule has 0 saturated heterocycles. The highest BCUT2D eigenvalue weighted by Crippen LogP contribution is 2.44. The van der Waals surface area contributed by atoms with Gasteiger partial charge in [-0.25, -0.2) is 4.79 Å². The number of benzene rings is 3. The second kappa shape index (κ2) is 9.31. The maximum atomic E-state index is 12.2. The minimum atomic E-state index is -0.417. The number of carbonyl (C=O) groups is 1. The van der Waals surface area contributed by atoms with Crippen LogP contribution >= 0.6 is 0 Å². The van der Waals surface area contributed by atoms with E-state index in [1.165, 1.54) is 22.3 Å². The highest BCUT2D eigenvalue weighted by atomic mass is 16.5. The van der Waals surface area contributed by atoms with E-state index in [2.05, 4.69) is 29.6 Å². The number of ether oxygens (including phenoxy) is 2. The van der Waals surface area contributed by atoms with E-state index in [1.54, 1.807) is 0 Å². The van der Waals surface area contributed by atoms with E-state index in [1.807, 2.05) is 67.6 Å².